The summed E-state index contributed by atoms with van der Waals surface area (Å²) >= 11 is 0. The molecule has 0 aliphatic heterocycles. The molecule has 0 fully saturated rings. The molecule has 0 heterocycles. The Balaban J connectivity index is 2.40. The highest BCUT2D eigenvalue weighted by molar-refractivity contribution is 5.73. The van der Waals surface area contributed by atoms with Gasteiger partial charge in [0, 0.05) is 6.04 Å². The SMILES string of the molecule is CNC(C)C1=CCCc2ccccc21. The number of rotatable bonds is 2. The Kier molecular flexibility index (Phi) is 2.69. The summed E-state index contributed by atoms with van der Waals surface area (Å²) in [5, 5.41) is 3.31. The van der Waals surface area contributed by atoms with E-state index in [9.17, 15) is 0 Å². The minimum Gasteiger partial charge on any atom is -0.313 e. The third kappa shape index (κ3) is 1.60. The second kappa shape index (κ2) is 3.97. The summed E-state index contributed by atoms with van der Waals surface area (Å²) in [7, 11) is 2.02. The smallest absolute Gasteiger partial charge is 0.0291 e. The summed E-state index contributed by atoms with van der Waals surface area (Å²) in [6, 6.07) is 9.18. The predicted molar refractivity (Wildman–Crippen MR) is 61.3 cm³/mol. The van der Waals surface area contributed by atoms with Gasteiger partial charge in [0.1, 0.15) is 0 Å². The van der Waals surface area contributed by atoms with Gasteiger partial charge in [-0.25, -0.2) is 0 Å². The van der Waals surface area contributed by atoms with E-state index in [0.29, 0.717) is 6.04 Å². The van der Waals surface area contributed by atoms with Crippen molar-refractivity contribution in [3.63, 3.8) is 0 Å². The van der Waals surface area contributed by atoms with Crippen molar-refractivity contribution in [2.24, 2.45) is 0 Å². The molecule has 74 valence electrons. The molecule has 0 aromatic heterocycles. The number of allylic oxidation sites excluding steroid dienone is 1. The van der Waals surface area contributed by atoms with E-state index in [-0.39, 0.29) is 0 Å². The monoisotopic (exact) mass is 187 g/mol. The molecule has 0 radical (unpaired) electrons. The molecule has 0 saturated heterocycles. The van der Waals surface area contributed by atoms with Gasteiger partial charge in [0.05, 0.1) is 0 Å². The van der Waals surface area contributed by atoms with Gasteiger partial charge in [-0.05, 0) is 43.5 Å². The van der Waals surface area contributed by atoms with Gasteiger partial charge in [-0.3, -0.25) is 0 Å². The summed E-state index contributed by atoms with van der Waals surface area (Å²) in [5.74, 6) is 0. The van der Waals surface area contributed by atoms with E-state index in [1.54, 1.807) is 0 Å². The maximum atomic E-state index is 3.31. The van der Waals surface area contributed by atoms with E-state index in [1.807, 2.05) is 7.05 Å². The molecule has 1 aliphatic carbocycles. The van der Waals surface area contributed by atoms with Crippen LogP contribution in [0, 0.1) is 0 Å². The Morgan fingerprint density at radius 3 is 2.86 bits per heavy atom. The first-order valence-electron chi connectivity index (χ1n) is 5.28. The van der Waals surface area contributed by atoms with Gasteiger partial charge in [0.15, 0.2) is 0 Å². The van der Waals surface area contributed by atoms with Gasteiger partial charge >= 0.3 is 0 Å². The van der Waals surface area contributed by atoms with Gasteiger partial charge in [0.25, 0.3) is 0 Å². The van der Waals surface area contributed by atoms with Crippen LogP contribution in [0.15, 0.2) is 30.3 Å². The Morgan fingerprint density at radius 1 is 1.29 bits per heavy atom. The lowest BCUT2D eigenvalue weighted by Crippen LogP contribution is -2.24. The third-order valence-electron chi connectivity index (χ3n) is 3.01. The normalized spacial score (nSPS) is 17.1. The Morgan fingerprint density at radius 2 is 2.07 bits per heavy atom. The molecule has 1 heteroatoms. The molecule has 1 N–H and O–H groups in total. The van der Waals surface area contributed by atoms with Crippen LogP contribution >= 0.6 is 0 Å². The average Bonchev–Trinajstić information content (AvgIpc) is 2.27. The number of hydrogen-bond acceptors (Lipinski definition) is 1. The molecular formula is C13H17N. The fourth-order valence-electron chi connectivity index (χ4n) is 2.08. The van der Waals surface area contributed by atoms with Crippen molar-refractivity contribution in [3.05, 3.63) is 41.5 Å². The molecule has 0 bridgehead atoms. The summed E-state index contributed by atoms with van der Waals surface area (Å²) in [6.45, 7) is 2.22. The zero-order valence-electron chi connectivity index (χ0n) is 8.88. The van der Waals surface area contributed by atoms with Crippen molar-refractivity contribution in [1.29, 1.82) is 0 Å². The summed E-state index contributed by atoms with van der Waals surface area (Å²) < 4.78 is 0. The van der Waals surface area contributed by atoms with Crippen molar-refractivity contribution in [2.45, 2.75) is 25.8 Å². The van der Waals surface area contributed by atoms with Crippen molar-refractivity contribution < 1.29 is 0 Å². The van der Waals surface area contributed by atoms with Crippen LogP contribution < -0.4 is 5.32 Å². The van der Waals surface area contributed by atoms with Crippen molar-refractivity contribution >= 4 is 5.57 Å². The van der Waals surface area contributed by atoms with Gasteiger partial charge in [-0.1, -0.05) is 30.3 Å². The van der Waals surface area contributed by atoms with Gasteiger partial charge in [0.2, 0.25) is 0 Å². The van der Waals surface area contributed by atoms with Crippen LogP contribution in [0.2, 0.25) is 0 Å². The molecule has 0 amide bonds. The Hall–Kier alpha value is -1.08. The quantitative estimate of drug-likeness (QED) is 0.750. The van der Waals surface area contributed by atoms with Crippen molar-refractivity contribution in [2.75, 3.05) is 7.05 Å². The lowest BCUT2D eigenvalue weighted by atomic mass is 9.87. The van der Waals surface area contributed by atoms with Crippen LogP contribution in [0.5, 0.6) is 0 Å². The molecule has 2 rings (SSSR count). The molecule has 1 aliphatic rings. The highest BCUT2D eigenvalue weighted by Crippen LogP contribution is 2.28. The molecule has 1 aromatic carbocycles. The fourth-order valence-corrected chi connectivity index (χ4v) is 2.08. The van der Waals surface area contributed by atoms with E-state index in [4.69, 9.17) is 0 Å². The van der Waals surface area contributed by atoms with E-state index in [0.717, 1.165) is 0 Å². The zero-order chi connectivity index (χ0) is 9.97. The first-order chi connectivity index (χ1) is 6.83. The minimum atomic E-state index is 0.455. The van der Waals surface area contributed by atoms with E-state index < -0.39 is 0 Å². The largest absolute Gasteiger partial charge is 0.313 e. The highest BCUT2D eigenvalue weighted by Gasteiger charge is 2.15. The second-order valence-corrected chi connectivity index (χ2v) is 3.87. The maximum Gasteiger partial charge on any atom is 0.0291 e. The summed E-state index contributed by atoms with van der Waals surface area (Å²) in [4.78, 5) is 0. The van der Waals surface area contributed by atoms with E-state index >= 15 is 0 Å². The number of aryl methyl sites for hydroxylation is 1. The van der Waals surface area contributed by atoms with Crippen LogP contribution in [0.1, 0.15) is 24.5 Å². The number of nitrogens with one attached hydrogen (secondary N) is 1. The maximum absolute atomic E-state index is 3.31. The predicted octanol–water partition coefficient (Wildman–Crippen LogP) is 2.62. The molecule has 1 atom stereocenters. The summed E-state index contributed by atoms with van der Waals surface area (Å²) in [5.41, 5.74) is 4.38. The Bertz CT molecular complexity index is 352. The molecule has 0 spiro atoms. The number of hydrogen-bond donors (Lipinski definition) is 1. The van der Waals surface area contributed by atoms with Crippen molar-refractivity contribution in [1.82, 2.24) is 5.32 Å². The lowest BCUT2D eigenvalue weighted by molar-refractivity contribution is 0.736. The lowest BCUT2D eigenvalue weighted by Gasteiger charge is -2.22. The fraction of sp³-hybridized carbons (Fsp3) is 0.385. The van der Waals surface area contributed by atoms with Crippen LogP contribution in [0.3, 0.4) is 0 Å². The van der Waals surface area contributed by atoms with Crippen LogP contribution in [0.25, 0.3) is 5.57 Å². The average molecular weight is 187 g/mol. The van der Waals surface area contributed by atoms with Crippen LogP contribution in [0.4, 0.5) is 0 Å². The molecule has 1 aromatic rings. The highest BCUT2D eigenvalue weighted by atomic mass is 14.9. The topological polar surface area (TPSA) is 12.0 Å². The molecular weight excluding hydrogens is 170 g/mol. The molecule has 14 heavy (non-hydrogen) atoms. The number of benzene rings is 1. The number of fused-ring (bicyclic) bond motifs is 1. The molecule has 1 unspecified atom stereocenters. The Labute approximate surface area is 85.8 Å². The number of likely N-dealkylation sites (N-methyl/N-ethyl adjacent to an activating group) is 1. The second-order valence-electron chi connectivity index (χ2n) is 3.87. The first kappa shape index (κ1) is 9.47. The molecule has 1 nitrogen and oxygen atoms in total. The van der Waals surface area contributed by atoms with E-state index in [2.05, 4.69) is 42.6 Å². The standard InChI is InChI=1S/C13H17N/c1-10(14-2)12-9-5-7-11-6-3-4-8-13(11)12/h3-4,6,8-10,14H,5,7H2,1-2H3. The van der Waals surface area contributed by atoms with Crippen LogP contribution in [-0.2, 0) is 6.42 Å². The van der Waals surface area contributed by atoms with Crippen molar-refractivity contribution in [3.8, 4) is 0 Å². The first-order valence-corrected chi connectivity index (χ1v) is 5.28. The minimum absolute atomic E-state index is 0.455. The van der Waals surface area contributed by atoms with Gasteiger partial charge in [-0.15, -0.1) is 0 Å². The van der Waals surface area contributed by atoms with Crippen LogP contribution in [-0.4, -0.2) is 13.1 Å². The van der Waals surface area contributed by atoms with E-state index in [1.165, 1.54) is 29.5 Å². The molecule has 0 saturated carbocycles. The van der Waals surface area contributed by atoms with Gasteiger partial charge in [-0.2, -0.15) is 0 Å². The van der Waals surface area contributed by atoms with Gasteiger partial charge < -0.3 is 5.32 Å². The summed E-state index contributed by atoms with van der Waals surface area (Å²) in [6.07, 6.45) is 4.73. The third-order valence-corrected chi connectivity index (χ3v) is 3.01. The zero-order valence-corrected chi connectivity index (χ0v) is 8.88.